The molecular weight excluding hydrogens is 276 g/mol. The van der Waals surface area contributed by atoms with Crippen LogP contribution in [0.5, 0.6) is 0 Å². The van der Waals surface area contributed by atoms with Gasteiger partial charge < -0.3 is 9.84 Å². The number of thiazole rings is 1. The van der Waals surface area contributed by atoms with Crippen LogP contribution in [0.1, 0.15) is 31.0 Å². The van der Waals surface area contributed by atoms with Gasteiger partial charge >= 0.3 is 0 Å². The summed E-state index contributed by atoms with van der Waals surface area (Å²) >= 11 is 1.48. The number of nitrogens with one attached hydrogen (secondary N) is 1. The lowest BCUT2D eigenvalue weighted by Crippen LogP contribution is -2.27. The van der Waals surface area contributed by atoms with Gasteiger partial charge in [0.1, 0.15) is 5.76 Å². The van der Waals surface area contributed by atoms with Gasteiger partial charge in [0.15, 0.2) is 5.13 Å². The number of aromatic nitrogens is 2. The highest BCUT2D eigenvalue weighted by molar-refractivity contribution is 7.14. The van der Waals surface area contributed by atoms with Gasteiger partial charge in [-0.05, 0) is 13.8 Å². The highest BCUT2D eigenvalue weighted by atomic mass is 32.1. The second-order valence-corrected chi connectivity index (χ2v) is 5.25. The lowest BCUT2D eigenvalue weighted by Gasteiger charge is -2.14. The normalized spacial score (nSPS) is 10.8. The average molecular weight is 294 g/mol. The molecule has 0 aliphatic heterocycles. The first kappa shape index (κ1) is 14.7. The van der Waals surface area contributed by atoms with Crippen molar-refractivity contribution in [3.8, 4) is 0 Å². The summed E-state index contributed by atoms with van der Waals surface area (Å²) in [4.78, 5) is 17.6. The van der Waals surface area contributed by atoms with Crippen LogP contribution in [0.25, 0.3) is 0 Å². The van der Waals surface area contributed by atoms with Crippen LogP contribution in [-0.2, 0) is 17.9 Å². The van der Waals surface area contributed by atoms with E-state index in [-0.39, 0.29) is 5.91 Å². The second kappa shape index (κ2) is 6.62. The van der Waals surface area contributed by atoms with Gasteiger partial charge in [-0.3, -0.25) is 9.69 Å². The fourth-order valence-corrected chi connectivity index (χ4v) is 2.75. The van der Waals surface area contributed by atoms with Gasteiger partial charge in [-0.2, -0.15) is 0 Å². The highest BCUT2D eigenvalue weighted by Gasteiger charge is 2.13. The van der Waals surface area contributed by atoms with Crippen LogP contribution in [0.15, 0.2) is 16.0 Å². The Morgan fingerprint density at radius 2 is 2.20 bits per heavy atom. The molecule has 6 nitrogen and oxygen atoms in total. The van der Waals surface area contributed by atoms with Crippen molar-refractivity contribution in [1.29, 1.82) is 0 Å². The van der Waals surface area contributed by atoms with Crippen molar-refractivity contribution in [1.82, 2.24) is 15.5 Å². The minimum Gasteiger partial charge on any atom is -0.361 e. The van der Waals surface area contributed by atoms with E-state index in [1.807, 2.05) is 25.3 Å². The molecule has 0 unspecified atom stereocenters. The lowest BCUT2D eigenvalue weighted by molar-refractivity contribution is -0.116. The van der Waals surface area contributed by atoms with Crippen LogP contribution in [0, 0.1) is 6.92 Å². The predicted octanol–water partition coefficient (Wildman–Crippen LogP) is 2.10. The molecule has 0 saturated heterocycles. The molecule has 0 saturated carbocycles. The first-order valence-corrected chi connectivity index (χ1v) is 7.33. The van der Waals surface area contributed by atoms with Crippen LogP contribution in [0.4, 0.5) is 5.13 Å². The van der Waals surface area contributed by atoms with Gasteiger partial charge in [-0.1, -0.05) is 5.16 Å². The Balaban J connectivity index is 1.88. The molecule has 2 aromatic rings. The number of carbonyl (C=O) groups is 1. The third-order valence-electron chi connectivity index (χ3n) is 2.76. The highest BCUT2D eigenvalue weighted by Crippen LogP contribution is 2.20. The van der Waals surface area contributed by atoms with Crippen LogP contribution in [0.2, 0.25) is 0 Å². The fraction of sp³-hybridized carbons (Fsp3) is 0.462. The summed E-state index contributed by atoms with van der Waals surface area (Å²) in [6.45, 7) is 7.26. The molecule has 0 atom stereocenters. The maximum atomic E-state index is 11.4. The molecule has 0 aromatic carbocycles. The summed E-state index contributed by atoms with van der Waals surface area (Å²) in [5, 5.41) is 9.86. The molecule has 2 heterocycles. The van der Waals surface area contributed by atoms with Gasteiger partial charge in [0.05, 0.1) is 11.4 Å². The molecule has 0 bridgehead atoms. The Labute approximate surface area is 121 Å². The standard InChI is InChI=1S/C13H18N4O2S/c1-4-17(10(3)18)13-15-12(8-20-13)7-14-6-11-5-9(2)19-16-11/h5,8,14H,4,6-7H2,1-3H3. The molecule has 2 aromatic heterocycles. The summed E-state index contributed by atoms with van der Waals surface area (Å²) in [5.74, 6) is 0.817. The van der Waals surface area contributed by atoms with Crippen molar-refractivity contribution in [2.24, 2.45) is 0 Å². The summed E-state index contributed by atoms with van der Waals surface area (Å²) in [7, 11) is 0. The van der Waals surface area contributed by atoms with Crippen molar-refractivity contribution in [2.45, 2.75) is 33.9 Å². The molecule has 0 radical (unpaired) electrons. The SMILES string of the molecule is CCN(C(C)=O)c1nc(CNCc2cc(C)on2)cs1. The number of aryl methyl sites for hydroxylation is 1. The van der Waals surface area contributed by atoms with E-state index in [0.717, 1.165) is 22.3 Å². The third kappa shape index (κ3) is 3.64. The van der Waals surface area contributed by atoms with Crippen LogP contribution < -0.4 is 10.2 Å². The van der Waals surface area contributed by atoms with E-state index in [4.69, 9.17) is 4.52 Å². The van der Waals surface area contributed by atoms with Crippen LogP contribution >= 0.6 is 11.3 Å². The van der Waals surface area contributed by atoms with Crippen molar-refractivity contribution in [2.75, 3.05) is 11.4 Å². The third-order valence-corrected chi connectivity index (χ3v) is 3.67. The smallest absolute Gasteiger partial charge is 0.225 e. The molecule has 0 aliphatic carbocycles. The van der Waals surface area contributed by atoms with Gasteiger partial charge in [0, 0.05) is 38.0 Å². The summed E-state index contributed by atoms with van der Waals surface area (Å²) in [6.07, 6.45) is 0. The average Bonchev–Trinajstić information content (AvgIpc) is 3.00. The van der Waals surface area contributed by atoms with Gasteiger partial charge in [-0.25, -0.2) is 4.98 Å². The molecule has 1 amide bonds. The van der Waals surface area contributed by atoms with Gasteiger partial charge in [-0.15, -0.1) is 11.3 Å². The zero-order valence-corrected chi connectivity index (χ0v) is 12.7. The molecule has 0 fully saturated rings. The van der Waals surface area contributed by atoms with Crippen LogP contribution in [0.3, 0.4) is 0 Å². The number of hydrogen-bond acceptors (Lipinski definition) is 6. The van der Waals surface area contributed by atoms with E-state index in [2.05, 4.69) is 15.5 Å². The quantitative estimate of drug-likeness (QED) is 0.883. The lowest BCUT2D eigenvalue weighted by atomic mass is 10.3. The maximum Gasteiger partial charge on any atom is 0.225 e. The molecule has 0 aliphatic rings. The number of amides is 1. The van der Waals surface area contributed by atoms with Crippen LogP contribution in [-0.4, -0.2) is 22.6 Å². The Bertz CT molecular complexity index is 578. The monoisotopic (exact) mass is 294 g/mol. The van der Waals surface area contributed by atoms with Crippen molar-refractivity contribution in [3.63, 3.8) is 0 Å². The fourth-order valence-electron chi connectivity index (χ4n) is 1.81. The minimum atomic E-state index is 0.0134. The van der Waals surface area contributed by atoms with Gasteiger partial charge in [0.25, 0.3) is 0 Å². The first-order valence-electron chi connectivity index (χ1n) is 6.45. The number of anilines is 1. The molecule has 20 heavy (non-hydrogen) atoms. The summed E-state index contributed by atoms with van der Waals surface area (Å²) in [6, 6.07) is 1.90. The number of nitrogens with zero attached hydrogens (tertiary/aromatic N) is 3. The van der Waals surface area contributed by atoms with E-state index < -0.39 is 0 Å². The molecule has 0 spiro atoms. The molecule has 7 heteroatoms. The zero-order chi connectivity index (χ0) is 14.5. The van der Waals surface area contributed by atoms with Crippen molar-refractivity contribution >= 4 is 22.4 Å². The largest absolute Gasteiger partial charge is 0.361 e. The van der Waals surface area contributed by atoms with E-state index in [9.17, 15) is 4.79 Å². The number of rotatable bonds is 6. The van der Waals surface area contributed by atoms with Crippen molar-refractivity contribution < 1.29 is 9.32 Å². The van der Waals surface area contributed by atoms with E-state index in [0.29, 0.717) is 19.6 Å². The predicted molar refractivity (Wildman–Crippen MR) is 77.6 cm³/mol. The Hall–Kier alpha value is -1.73. The second-order valence-electron chi connectivity index (χ2n) is 4.42. The molecular formula is C13H18N4O2S. The van der Waals surface area contributed by atoms with E-state index >= 15 is 0 Å². The molecule has 1 N–H and O–H groups in total. The minimum absolute atomic E-state index is 0.0134. The van der Waals surface area contributed by atoms with E-state index in [1.54, 1.807) is 11.8 Å². The summed E-state index contributed by atoms with van der Waals surface area (Å²) in [5.41, 5.74) is 1.79. The van der Waals surface area contributed by atoms with Crippen molar-refractivity contribution in [3.05, 3.63) is 28.6 Å². The zero-order valence-electron chi connectivity index (χ0n) is 11.8. The number of hydrogen-bond donors (Lipinski definition) is 1. The number of carbonyl (C=O) groups excluding carboxylic acids is 1. The maximum absolute atomic E-state index is 11.4. The molecule has 108 valence electrons. The first-order chi connectivity index (χ1) is 9.60. The summed E-state index contributed by atoms with van der Waals surface area (Å²) < 4.78 is 5.00. The Morgan fingerprint density at radius 1 is 1.45 bits per heavy atom. The topological polar surface area (TPSA) is 71.3 Å². The van der Waals surface area contributed by atoms with Gasteiger partial charge in [0.2, 0.25) is 5.91 Å². The van der Waals surface area contributed by atoms with E-state index in [1.165, 1.54) is 11.3 Å². The Morgan fingerprint density at radius 3 is 2.80 bits per heavy atom. The molecule has 2 rings (SSSR count). The Kier molecular flexibility index (Phi) is 4.86.